The molecule has 1 saturated heterocycles. The van der Waals surface area contributed by atoms with E-state index in [0.717, 1.165) is 36.9 Å². The average molecular weight is 325 g/mol. The van der Waals surface area contributed by atoms with Gasteiger partial charge in [0.2, 0.25) is 0 Å². The lowest BCUT2D eigenvalue weighted by Crippen LogP contribution is -2.46. The van der Waals surface area contributed by atoms with Gasteiger partial charge in [0, 0.05) is 19.1 Å². The SMILES string of the molecule is CCN(Cc1ccccc1)C1CCN(C[C@H]2C[C@H]3C=C[C@H]2C3)CC1. The molecule has 1 saturated carbocycles. The highest BCUT2D eigenvalue weighted by atomic mass is 15.2. The van der Waals surface area contributed by atoms with E-state index in [2.05, 4.69) is 59.2 Å². The Kier molecular flexibility index (Phi) is 5.05. The van der Waals surface area contributed by atoms with Crippen LogP contribution < -0.4 is 0 Å². The lowest BCUT2D eigenvalue weighted by atomic mass is 9.92. The fraction of sp³-hybridized carbons (Fsp3) is 0.636. The molecule has 1 aromatic carbocycles. The summed E-state index contributed by atoms with van der Waals surface area (Å²) >= 11 is 0. The molecule has 2 fully saturated rings. The van der Waals surface area contributed by atoms with Crippen molar-refractivity contribution >= 4 is 0 Å². The molecule has 3 atom stereocenters. The summed E-state index contributed by atoms with van der Waals surface area (Å²) in [6, 6.07) is 11.7. The molecule has 2 heteroatoms. The summed E-state index contributed by atoms with van der Waals surface area (Å²) < 4.78 is 0. The van der Waals surface area contributed by atoms with E-state index < -0.39 is 0 Å². The van der Waals surface area contributed by atoms with E-state index in [1.54, 1.807) is 0 Å². The Balaban J connectivity index is 1.26. The Hall–Kier alpha value is -1.12. The number of fused-ring (bicyclic) bond motifs is 2. The van der Waals surface area contributed by atoms with Crippen molar-refractivity contribution in [1.82, 2.24) is 9.80 Å². The molecule has 0 N–H and O–H groups in total. The van der Waals surface area contributed by atoms with Crippen LogP contribution in [0, 0.1) is 17.8 Å². The number of likely N-dealkylation sites (tertiary alicyclic amines) is 1. The van der Waals surface area contributed by atoms with E-state index in [4.69, 9.17) is 0 Å². The third kappa shape index (κ3) is 3.60. The van der Waals surface area contributed by atoms with Crippen molar-refractivity contribution in [3.63, 3.8) is 0 Å². The van der Waals surface area contributed by atoms with E-state index in [1.807, 2.05) is 0 Å². The van der Waals surface area contributed by atoms with Gasteiger partial charge in [0.25, 0.3) is 0 Å². The first-order valence-electron chi connectivity index (χ1n) is 10.0. The number of benzene rings is 1. The topological polar surface area (TPSA) is 6.48 Å². The van der Waals surface area contributed by atoms with Crippen molar-refractivity contribution in [3.05, 3.63) is 48.0 Å². The Bertz CT molecular complexity index is 544. The van der Waals surface area contributed by atoms with Gasteiger partial charge in [-0.15, -0.1) is 0 Å². The molecular weight excluding hydrogens is 292 g/mol. The summed E-state index contributed by atoms with van der Waals surface area (Å²) in [6.45, 7) is 8.54. The normalized spacial score (nSPS) is 30.5. The third-order valence-electron chi connectivity index (χ3n) is 6.62. The predicted octanol–water partition coefficient (Wildman–Crippen LogP) is 4.19. The Labute approximate surface area is 147 Å². The van der Waals surface area contributed by atoms with Crippen molar-refractivity contribution in [2.45, 2.75) is 45.2 Å². The van der Waals surface area contributed by atoms with Gasteiger partial charge in [0.15, 0.2) is 0 Å². The van der Waals surface area contributed by atoms with Crippen molar-refractivity contribution in [2.24, 2.45) is 17.8 Å². The molecule has 0 spiro atoms. The van der Waals surface area contributed by atoms with Crippen LogP contribution in [0.3, 0.4) is 0 Å². The summed E-state index contributed by atoms with van der Waals surface area (Å²) in [5, 5.41) is 0. The van der Waals surface area contributed by atoms with E-state index in [9.17, 15) is 0 Å². The second-order valence-electron chi connectivity index (χ2n) is 8.12. The third-order valence-corrected chi connectivity index (χ3v) is 6.62. The van der Waals surface area contributed by atoms with Crippen LogP contribution >= 0.6 is 0 Å². The van der Waals surface area contributed by atoms with Gasteiger partial charge in [-0.3, -0.25) is 4.90 Å². The van der Waals surface area contributed by atoms with Gasteiger partial charge in [0.1, 0.15) is 0 Å². The van der Waals surface area contributed by atoms with Crippen LogP contribution in [0.1, 0.15) is 38.2 Å². The van der Waals surface area contributed by atoms with Gasteiger partial charge in [-0.1, -0.05) is 49.4 Å². The number of allylic oxidation sites excluding steroid dienone is 2. The average Bonchev–Trinajstić information content (AvgIpc) is 3.24. The minimum Gasteiger partial charge on any atom is -0.303 e. The Morgan fingerprint density at radius 3 is 2.46 bits per heavy atom. The molecule has 2 bridgehead atoms. The highest BCUT2D eigenvalue weighted by molar-refractivity contribution is 5.14. The van der Waals surface area contributed by atoms with Crippen LogP contribution in [0.25, 0.3) is 0 Å². The van der Waals surface area contributed by atoms with Crippen LogP contribution in [-0.4, -0.2) is 42.0 Å². The lowest BCUT2D eigenvalue weighted by molar-refractivity contribution is 0.0946. The fourth-order valence-corrected chi connectivity index (χ4v) is 5.22. The van der Waals surface area contributed by atoms with Crippen molar-refractivity contribution < 1.29 is 0 Å². The lowest BCUT2D eigenvalue weighted by Gasteiger charge is -2.39. The summed E-state index contributed by atoms with van der Waals surface area (Å²) in [5.74, 6) is 2.76. The number of hydrogen-bond donors (Lipinski definition) is 0. The van der Waals surface area contributed by atoms with Crippen molar-refractivity contribution in [1.29, 1.82) is 0 Å². The molecule has 1 heterocycles. The smallest absolute Gasteiger partial charge is 0.0236 e. The maximum atomic E-state index is 2.76. The Morgan fingerprint density at radius 2 is 1.83 bits per heavy atom. The van der Waals surface area contributed by atoms with Gasteiger partial charge in [0.05, 0.1) is 0 Å². The molecule has 0 radical (unpaired) electrons. The van der Waals surface area contributed by atoms with E-state index in [1.165, 1.54) is 50.9 Å². The quantitative estimate of drug-likeness (QED) is 0.724. The van der Waals surface area contributed by atoms with Crippen LogP contribution in [-0.2, 0) is 6.54 Å². The van der Waals surface area contributed by atoms with Gasteiger partial charge in [-0.2, -0.15) is 0 Å². The van der Waals surface area contributed by atoms with Gasteiger partial charge >= 0.3 is 0 Å². The summed E-state index contributed by atoms with van der Waals surface area (Å²) in [6.07, 6.45) is 10.6. The first-order chi connectivity index (χ1) is 11.8. The zero-order valence-electron chi connectivity index (χ0n) is 15.1. The number of hydrogen-bond acceptors (Lipinski definition) is 2. The molecule has 3 aliphatic rings. The minimum absolute atomic E-state index is 0.770. The highest BCUT2D eigenvalue weighted by Gasteiger charge is 2.37. The number of piperidine rings is 1. The number of nitrogens with zero attached hydrogens (tertiary/aromatic N) is 2. The van der Waals surface area contributed by atoms with E-state index in [-0.39, 0.29) is 0 Å². The predicted molar refractivity (Wildman–Crippen MR) is 101 cm³/mol. The molecule has 4 rings (SSSR count). The molecule has 1 aliphatic heterocycles. The van der Waals surface area contributed by atoms with Gasteiger partial charge in [-0.25, -0.2) is 0 Å². The number of rotatable bonds is 6. The monoisotopic (exact) mass is 324 g/mol. The zero-order valence-corrected chi connectivity index (χ0v) is 15.1. The van der Waals surface area contributed by atoms with Gasteiger partial charge in [-0.05, 0) is 68.6 Å². The first kappa shape index (κ1) is 16.4. The van der Waals surface area contributed by atoms with Crippen LogP contribution in [0.15, 0.2) is 42.5 Å². The fourth-order valence-electron chi connectivity index (χ4n) is 5.22. The van der Waals surface area contributed by atoms with E-state index in [0.29, 0.717) is 0 Å². The molecule has 24 heavy (non-hydrogen) atoms. The molecule has 130 valence electrons. The zero-order chi connectivity index (χ0) is 16.4. The molecule has 0 aromatic heterocycles. The second-order valence-corrected chi connectivity index (χ2v) is 8.12. The largest absolute Gasteiger partial charge is 0.303 e. The maximum Gasteiger partial charge on any atom is 0.0236 e. The van der Waals surface area contributed by atoms with Crippen molar-refractivity contribution in [2.75, 3.05) is 26.2 Å². The molecule has 2 aliphatic carbocycles. The molecular formula is C22H32N2. The second kappa shape index (κ2) is 7.41. The van der Waals surface area contributed by atoms with Gasteiger partial charge < -0.3 is 4.90 Å². The molecule has 1 aromatic rings. The Morgan fingerprint density at radius 1 is 1.04 bits per heavy atom. The summed E-state index contributed by atoms with van der Waals surface area (Å²) in [5.41, 5.74) is 1.45. The van der Waals surface area contributed by atoms with E-state index >= 15 is 0 Å². The minimum atomic E-state index is 0.770. The van der Waals surface area contributed by atoms with Crippen LogP contribution in [0.5, 0.6) is 0 Å². The maximum absolute atomic E-state index is 2.76. The van der Waals surface area contributed by atoms with Crippen LogP contribution in [0.2, 0.25) is 0 Å². The summed E-state index contributed by atoms with van der Waals surface area (Å²) in [7, 11) is 0. The molecule has 0 amide bonds. The van der Waals surface area contributed by atoms with Crippen LogP contribution in [0.4, 0.5) is 0 Å². The summed E-state index contributed by atoms with van der Waals surface area (Å²) in [4.78, 5) is 5.44. The molecule has 0 unspecified atom stereocenters. The first-order valence-corrected chi connectivity index (χ1v) is 10.0. The molecule has 2 nitrogen and oxygen atoms in total. The van der Waals surface area contributed by atoms with Crippen molar-refractivity contribution in [3.8, 4) is 0 Å². The highest BCUT2D eigenvalue weighted by Crippen LogP contribution is 2.43. The standard InChI is InChI=1S/C22H32N2/c1-2-24(16-18-6-4-3-5-7-18)22-10-12-23(13-11-22)17-21-15-19-8-9-20(21)14-19/h3-9,19-22H,2,10-17H2,1H3/t19-,20-,21+/m0/s1.